The second-order valence-electron chi connectivity index (χ2n) is 5.73. The standard InChI is InChI=1S/C14H18F3N3O3S/c15-14(16,17)10-2-1-7-20(8-10)9-13(21)19-11-3-5-12(6-4-11)24(18,22)23/h3-6,10H,1-2,7-9H2,(H,19,21)(H2,18,22,23). The molecule has 1 fully saturated rings. The lowest BCUT2D eigenvalue weighted by atomic mass is 9.97. The van der Waals surface area contributed by atoms with Crippen molar-refractivity contribution in [2.75, 3.05) is 25.0 Å². The molecule has 1 atom stereocenters. The Labute approximate surface area is 137 Å². The summed E-state index contributed by atoms with van der Waals surface area (Å²) >= 11 is 0. The molecular formula is C14H18F3N3O3S. The first-order chi connectivity index (χ1) is 11.1. The van der Waals surface area contributed by atoms with E-state index in [0.717, 1.165) is 0 Å². The second kappa shape index (κ2) is 7.08. The predicted molar refractivity (Wildman–Crippen MR) is 81.7 cm³/mol. The lowest BCUT2D eigenvalue weighted by Crippen LogP contribution is -2.44. The molecule has 1 aromatic carbocycles. The quantitative estimate of drug-likeness (QED) is 0.847. The number of carbonyl (C=O) groups is 1. The summed E-state index contributed by atoms with van der Waals surface area (Å²) in [5, 5.41) is 7.49. The molecule has 0 aromatic heterocycles. The summed E-state index contributed by atoms with van der Waals surface area (Å²) < 4.78 is 60.5. The van der Waals surface area contributed by atoms with Crippen molar-refractivity contribution in [3.63, 3.8) is 0 Å². The van der Waals surface area contributed by atoms with E-state index in [4.69, 9.17) is 5.14 Å². The Kier molecular flexibility index (Phi) is 5.51. The van der Waals surface area contributed by atoms with Gasteiger partial charge in [0.25, 0.3) is 0 Å². The van der Waals surface area contributed by atoms with Crippen LogP contribution in [0.1, 0.15) is 12.8 Å². The first-order valence-corrected chi connectivity index (χ1v) is 8.82. The van der Waals surface area contributed by atoms with Gasteiger partial charge >= 0.3 is 6.18 Å². The van der Waals surface area contributed by atoms with Gasteiger partial charge in [-0.25, -0.2) is 13.6 Å². The maximum absolute atomic E-state index is 12.7. The number of amides is 1. The zero-order valence-corrected chi connectivity index (χ0v) is 13.5. The number of nitrogens with one attached hydrogen (secondary N) is 1. The highest BCUT2D eigenvalue weighted by Crippen LogP contribution is 2.32. The average molecular weight is 365 g/mol. The van der Waals surface area contributed by atoms with Crippen LogP contribution in [-0.4, -0.2) is 45.0 Å². The molecule has 0 radical (unpaired) electrons. The molecule has 1 heterocycles. The molecule has 1 unspecified atom stereocenters. The largest absolute Gasteiger partial charge is 0.393 e. The highest BCUT2D eigenvalue weighted by molar-refractivity contribution is 7.89. The number of nitrogens with zero attached hydrogens (tertiary/aromatic N) is 1. The van der Waals surface area contributed by atoms with Crippen LogP contribution in [0.4, 0.5) is 18.9 Å². The molecule has 1 aromatic rings. The zero-order chi connectivity index (χ0) is 18.0. The summed E-state index contributed by atoms with van der Waals surface area (Å²) in [6.45, 7) is 0.0924. The van der Waals surface area contributed by atoms with Crippen molar-refractivity contribution in [3.05, 3.63) is 24.3 Å². The number of primary sulfonamides is 1. The Morgan fingerprint density at radius 1 is 1.29 bits per heavy atom. The molecular weight excluding hydrogens is 347 g/mol. The molecule has 1 saturated heterocycles. The topological polar surface area (TPSA) is 92.5 Å². The predicted octanol–water partition coefficient (Wildman–Crippen LogP) is 1.55. The van der Waals surface area contributed by atoms with Gasteiger partial charge in [0.05, 0.1) is 17.4 Å². The molecule has 2 rings (SSSR count). The number of nitrogens with two attached hydrogens (primary N) is 1. The molecule has 6 nitrogen and oxygen atoms in total. The molecule has 1 amide bonds. The molecule has 1 aliphatic heterocycles. The van der Waals surface area contributed by atoms with Crippen molar-refractivity contribution < 1.29 is 26.4 Å². The Balaban J connectivity index is 1.91. The Hall–Kier alpha value is -1.65. The van der Waals surface area contributed by atoms with Gasteiger partial charge in [-0.1, -0.05) is 0 Å². The van der Waals surface area contributed by atoms with Gasteiger partial charge in [-0.15, -0.1) is 0 Å². The molecule has 0 aliphatic carbocycles. The number of hydrogen-bond acceptors (Lipinski definition) is 4. The van der Waals surface area contributed by atoms with Crippen LogP contribution in [0.15, 0.2) is 29.2 Å². The molecule has 0 bridgehead atoms. The van der Waals surface area contributed by atoms with Gasteiger partial charge in [0.15, 0.2) is 0 Å². The van der Waals surface area contributed by atoms with Gasteiger partial charge in [0.2, 0.25) is 15.9 Å². The molecule has 134 valence electrons. The summed E-state index contributed by atoms with van der Waals surface area (Å²) in [7, 11) is -3.82. The first-order valence-electron chi connectivity index (χ1n) is 7.27. The van der Waals surface area contributed by atoms with Gasteiger partial charge in [-0.05, 0) is 43.7 Å². The van der Waals surface area contributed by atoms with E-state index < -0.39 is 28.0 Å². The minimum atomic E-state index is -4.25. The van der Waals surface area contributed by atoms with Crippen LogP contribution in [0.2, 0.25) is 0 Å². The van der Waals surface area contributed by atoms with E-state index >= 15 is 0 Å². The van der Waals surface area contributed by atoms with Gasteiger partial charge in [-0.3, -0.25) is 9.69 Å². The monoisotopic (exact) mass is 365 g/mol. The Morgan fingerprint density at radius 3 is 2.46 bits per heavy atom. The number of piperidine rings is 1. The van der Waals surface area contributed by atoms with Gasteiger partial charge in [0, 0.05) is 12.2 Å². The number of rotatable bonds is 4. The van der Waals surface area contributed by atoms with Gasteiger partial charge < -0.3 is 5.32 Å². The number of halogens is 3. The SMILES string of the molecule is NS(=O)(=O)c1ccc(NC(=O)CN2CCCC(C(F)(F)F)C2)cc1. The number of benzene rings is 1. The molecule has 3 N–H and O–H groups in total. The number of likely N-dealkylation sites (tertiary alicyclic amines) is 1. The van der Waals surface area contributed by atoms with Crippen LogP contribution in [0.5, 0.6) is 0 Å². The van der Waals surface area contributed by atoms with Crippen molar-refractivity contribution in [1.82, 2.24) is 4.90 Å². The highest BCUT2D eigenvalue weighted by atomic mass is 32.2. The van der Waals surface area contributed by atoms with E-state index in [1.165, 1.54) is 29.2 Å². The Bertz CT molecular complexity index is 689. The molecule has 0 spiro atoms. The van der Waals surface area contributed by atoms with Crippen LogP contribution in [0.3, 0.4) is 0 Å². The summed E-state index contributed by atoms with van der Waals surface area (Å²) in [6, 6.07) is 5.22. The van der Waals surface area contributed by atoms with E-state index in [-0.39, 0.29) is 24.4 Å². The fourth-order valence-electron chi connectivity index (χ4n) is 2.60. The van der Waals surface area contributed by atoms with Crippen LogP contribution in [0, 0.1) is 5.92 Å². The van der Waals surface area contributed by atoms with E-state index in [1.807, 2.05) is 0 Å². The average Bonchev–Trinajstić information content (AvgIpc) is 2.46. The minimum Gasteiger partial charge on any atom is -0.325 e. The fraction of sp³-hybridized carbons (Fsp3) is 0.500. The summed E-state index contributed by atoms with van der Waals surface area (Å²) in [4.78, 5) is 13.3. The summed E-state index contributed by atoms with van der Waals surface area (Å²) in [6.07, 6.45) is -3.78. The fourth-order valence-corrected chi connectivity index (χ4v) is 3.11. The van der Waals surface area contributed by atoms with Gasteiger partial charge in [0.1, 0.15) is 0 Å². The Morgan fingerprint density at radius 2 is 1.92 bits per heavy atom. The number of hydrogen-bond donors (Lipinski definition) is 2. The number of carbonyl (C=O) groups excluding carboxylic acids is 1. The molecule has 24 heavy (non-hydrogen) atoms. The number of anilines is 1. The van der Waals surface area contributed by atoms with Crippen LogP contribution >= 0.6 is 0 Å². The van der Waals surface area contributed by atoms with Crippen LogP contribution in [-0.2, 0) is 14.8 Å². The number of sulfonamides is 1. The van der Waals surface area contributed by atoms with Gasteiger partial charge in [-0.2, -0.15) is 13.2 Å². The zero-order valence-electron chi connectivity index (χ0n) is 12.7. The smallest absolute Gasteiger partial charge is 0.325 e. The minimum absolute atomic E-state index is 0.0800. The maximum Gasteiger partial charge on any atom is 0.393 e. The normalized spacial score (nSPS) is 19.9. The lowest BCUT2D eigenvalue weighted by molar-refractivity contribution is -0.186. The van der Waals surface area contributed by atoms with Crippen molar-refractivity contribution in [2.45, 2.75) is 23.9 Å². The van der Waals surface area contributed by atoms with E-state index in [2.05, 4.69) is 5.32 Å². The van der Waals surface area contributed by atoms with E-state index in [0.29, 0.717) is 18.7 Å². The third-order valence-electron chi connectivity index (χ3n) is 3.80. The molecule has 0 saturated carbocycles. The first kappa shape index (κ1) is 18.7. The summed E-state index contributed by atoms with van der Waals surface area (Å²) in [5.41, 5.74) is 0.344. The highest BCUT2D eigenvalue weighted by Gasteiger charge is 2.41. The summed E-state index contributed by atoms with van der Waals surface area (Å²) in [5.74, 6) is -1.87. The second-order valence-corrected chi connectivity index (χ2v) is 7.29. The number of alkyl halides is 3. The lowest BCUT2D eigenvalue weighted by Gasteiger charge is -2.33. The van der Waals surface area contributed by atoms with E-state index in [1.54, 1.807) is 0 Å². The van der Waals surface area contributed by atoms with Crippen molar-refractivity contribution in [2.24, 2.45) is 11.1 Å². The molecule has 1 aliphatic rings. The third-order valence-corrected chi connectivity index (χ3v) is 4.73. The van der Waals surface area contributed by atoms with Crippen molar-refractivity contribution in [1.29, 1.82) is 0 Å². The van der Waals surface area contributed by atoms with Crippen molar-refractivity contribution >= 4 is 21.6 Å². The van der Waals surface area contributed by atoms with E-state index in [9.17, 15) is 26.4 Å². The van der Waals surface area contributed by atoms with Crippen molar-refractivity contribution in [3.8, 4) is 0 Å². The third kappa shape index (κ3) is 5.18. The maximum atomic E-state index is 12.7. The van der Waals surface area contributed by atoms with Crippen LogP contribution in [0.25, 0.3) is 0 Å². The van der Waals surface area contributed by atoms with Crippen LogP contribution < -0.4 is 10.5 Å². The molecule has 10 heteroatoms.